The highest BCUT2D eigenvalue weighted by Gasteiger charge is 2.67. The van der Waals surface area contributed by atoms with Crippen LogP contribution in [0.2, 0.25) is 5.02 Å². The Labute approximate surface area is 170 Å². The van der Waals surface area contributed by atoms with Crippen molar-refractivity contribution < 1.29 is 14.4 Å². The quantitative estimate of drug-likeness (QED) is 0.567. The largest absolute Gasteiger partial charge is 0.324 e. The van der Waals surface area contributed by atoms with Gasteiger partial charge in [0.15, 0.2) is 0 Å². The standard InChI is InChI=1S/C20H18BrClN2O3/c1-8(18(25)23-9-2-5-14(21)15(22)6-9)24-19(26)16-10-3-4-11(13-7-12(10)13)17(16)20(24)27/h2-6,8,10-13,16-17H,7H2,1H3,(H,23,25). The van der Waals surface area contributed by atoms with Crippen LogP contribution in [0.25, 0.3) is 0 Å². The van der Waals surface area contributed by atoms with Crippen molar-refractivity contribution in [2.75, 3.05) is 5.32 Å². The number of amides is 3. The number of benzene rings is 1. The zero-order valence-corrected chi connectivity index (χ0v) is 16.9. The molecule has 0 aromatic heterocycles. The molecule has 1 saturated heterocycles. The minimum atomic E-state index is -0.853. The van der Waals surface area contributed by atoms with Gasteiger partial charge in [-0.2, -0.15) is 0 Å². The molecule has 7 unspecified atom stereocenters. The van der Waals surface area contributed by atoms with Gasteiger partial charge in [0.2, 0.25) is 17.7 Å². The van der Waals surface area contributed by atoms with Crippen LogP contribution in [-0.4, -0.2) is 28.7 Å². The zero-order valence-electron chi connectivity index (χ0n) is 14.6. The van der Waals surface area contributed by atoms with Crippen molar-refractivity contribution in [2.24, 2.45) is 35.5 Å². The van der Waals surface area contributed by atoms with Crippen LogP contribution in [0.3, 0.4) is 0 Å². The van der Waals surface area contributed by atoms with E-state index in [4.69, 9.17) is 11.6 Å². The second kappa shape index (κ2) is 5.92. The molecule has 140 valence electrons. The molecule has 2 bridgehead atoms. The van der Waals surface area contributed by atoms with E-state index >= 15 is 0 Å². The summed E-state index contributed by atoms with van der Waals surface area (Å²) in [5, 5.41) is 3.23. The number of nitrogens with zero attached hydrogens (tertiary/aromatic N) is 1. The van der Waals surface area contributed by atoms with Gasteiger partial charge in [0.05, 0.1) is 16.9 Å². The lowest BCUT2D eigenvalue weighted by Gasteiger charge is -2.37. The molecule has 2 saturated carbocycles. The molecule has 6 rings (SSSR count). The van der Waals surface area contributed by atoms with Crippen molar-refractivity contribution in [1.82, 2.24) is 4.90 Å². The third-order valence-electron chi connectivity index (χ3n) is 6.65. The van der Waals surface area contributed by atoms with Gasteiger partial charge in [-0.25, -0.2) is 0 Å². The van der Waals surface area contributed by atoms with Crippen LogP contribution in [0.1, 0.15) is 13.3 Å². The summed E-state index contributed by atoms with van der Waals surface area (Å²) in [6.45, 7) is 1.61. The molecule has 0 spiro atoms. The summed E-state index contributed by atoms with van der Waals surface area (Å²) in [5.41, 5.74) is 0.527. The number of imide groups is 1. The molecule has 4 aliphatic carbocycles. The summed E-state index contributed by atoms with van der Waals surface area (Å²) < 4.78 is 0.728. The Balaban J connectivity index is 1.37. The number of rotatable bonds is 3. The zero-order chi connectivity index (χ0) is 19.0. The molecule has 0 radical (unpaired) electrons. The highest BCUT2D eigenvalue weighted by Crippen LogP contribution is 2.65. The Kier molecular flexibility index (Phi) is 3.82. The Bertz CT molecular complexity index is 880. The molecule has 1 aromatic rings. The monoisotopic (exact) mass is 448 g/mol. The van der Waals surface area contributed by atoms with Gasteiger partial charge in [-0.15, -0.1) is 0 Å². The number of anilines is 1. The summed E-state index contributed by atoms with van der Waals surface area (Å²) in [5.74, 6) is 0.0804. The van der Waals surface area contributed by atoms with Crippen LogP contribution in [0.4, 0.5) is 5.69 Å². The molecule has 7 atom stereocenters. The molecule has 1 heterocycles. The number of halogens is 2. The second-order valence-electron chi connectivity index (χ2n) is 8.00. The lowest BCUT2D eigenvalue weighted by atomic mass is 9.63. The van der Waals surface area contributed by atoms with E-state index in [9.17, 15) is 14.4 Å². The Morgan fingerprint density at radius 3 is 2.33 bits per heavy atom. The number of carbonyl (C=O) groups is 3. The molecule has 1 aromatic carbocycles. The van der Waals surface area contributed by atoms with Crippen molar-refractivity contribution >= 4 is 50.9 Å². The first-order chi connectivity index (χ1) is 12.9. The van der Waals surface area contributed by atoms with Crippen LogP contribution < -0.4 is 5.32 Å². The van der Waals surface area contributed by atoms with E-state index in [0.717, 1.165) is 10.9 Å². The normalized spacial score (nSPS) is 36.5. The summed E-state index contributed by atoms with van der Waals surface area (Å²) in [6.07, 6.45) is 5.38. The van der Waals surface area contributed by atoms with E-state index in [1.54, 1.807) is 25.1 Å². The summed E-state index contributed by atoms with van der Waals surface area (Å²) in [6, 6.07) is 4.22. The third kappa shape index (κ3) is 2.46. The minimum Gasteiger partial charge on any atom is -0.324 e. The summed E-state index contributed by atoms with van der Waals surface area (Å²) in [4.78, 5) is 40.0. The van der Waals surface area contributed by atoms with E-state index in [-0.39, 0.29) is 41.4 Å². The van der Waals surface area contributed by atoms with Crippen LogP contribution in [-0.2, 0) is 14.4 Å². The fraction of sp³-hybridized carbons (Fsp3) is 0.450. The number of carbonyl (C=O) groups excluding carboxylic acids is 3. The van der Waals surface area contributed by atoms with Crippen molar-refractivity contribution in [3.63, 3.8) is 0 Å². The van der Waals surface area contributed by atoms with Crippen LogP contribution in [0.15, 0.2) is 34.8 Å². The van der Waals surface area contributed by atoms with Gasteiger partial charge in [0.1, 0.15) is 6.04 Å². The van der Waals surface area contributed by atoms with Gasteiger partial charge in [-0.3, -0.25) is 19.3 Å². The first-order valence-corrected chi connectivity index (χ1v) is 10.4. The fourth-order valence-electron chi connectivity index (χ4n) is 5.30. The van der Waals surface area contributed by atoms with E-state index in [1.807, 2.05) is 0 Å². The lowest BCUT2D eigenvalue weighted by molar-refractivity contribution is -0.146. The van der Waals surface area contributed by atoms with Crippen molar-refractivity contribution in [3.8, 4) is 0 Å². The number of likely N-dealkylation sites (tertiary alicyclic amines) is 1. The Morgan fingerprint density at radius 2 is 1.78 bits per heavy atom. The van der Waals surface area contributed by atoms with Crippen LogP contribution in [0.5, 0.6) is 0 Å². The van der Waals surface area contributed by atoms with E-state index < -0.39 is 6.04 Å². The molecule has 1 N–H and O–H groups in total. The fourth-order valence-corrected chi connectivity index (χ4v) is 5.73. The maximum atomic E-state index is 13.1. The van der Waals surface area contributed by atoms with E-state index in [0.29, 0.717) is 22.5 Å². The Morgan fingerprint density at radius 1 is 1.19 bits per heavy atom. The number of hydrogen-bond acceptors (Lipinski definition) is 3. The van der Waals surface area contributed by atoms with Crippen LogP contribution in [0, 0.1) is 35.5 Å². The maximum Gasteiger partial charge on any atom is 0.247 e. The number of allylic oxidation sites excluding steroid dienone is 2. The first-order valence-electron chi connectivity index (χ1n) is 9.19. The summed E-state index contributed by atoms with van der Waals surface area (Å²) in [7, 11) is 0. The molecule has 5 aliphatic rings. The van der Waals surface area contributed by atoms with E-state index in [2.05, 4.69) is 33.4 Å². The molecule has 1 aliphatic heterocycles. The SMILES string of the molecule is CC(C(=O)Nc1ccc(Br)c(Cl)c1)N1C(=O)C2C3C=CC(C4CC34)C2C1=O. The first kappa shape index (κ1) is 17.4. The molecule has 3 amide bonds. The number of nitrogens with one attached hydrogen (secondary N) is 1. The van der Waals surface area contributed by atoms with E-state index in [1.165, 1.54) is 4.90 Å². The minimum absolute atomic E-state index is 0.159. The lowest BCUT2D eigenvalue weighted by Crippen LogP contribution is -2.46. The van der Waals surface area contributed by atoms with Crippen molar-refractivity contribution in [1.29, 1.82) is 0 Å². The molecule has 3 fully saturated rings. The molecule has 5 nitrogen and oxygen atoms in total. The third-order valence-corrected chi connectivity index (χ3v) is 7.88. The molecular weight excluding hydrogens is 432 g/mol. The van der Waals surface area contributed by atoms with Gasteiger partial charge in [-0.1, -0.05) is 23.8 Å². The summed E-state index contributed by atoms with van der Waals surface area (Å²) >= 11 is 9.37. The van der Waals surface area contributed by atoms with Gasteiger partial charge in [-0.05, 0) is 71.1 Å². The molecule has 7 heteroatoms. The topological polar surface area (TPSA) is 66.5 Å². The average molecular weight is 450 g/mol. The highest BCUT2D eigenvalue weighted by atomic mass is 79.9. The highest BCUT2D eigenvalue weighted by molar-refractivity contribution is 9.10. The van der Waals surface area contributed by atoms with Gasteiger partial charge in [0.25, 0.3) is 0 Å². The van der Waals surface area contributed by atoms with Gasteiger partial charge in [0, 0.05) is 10.2 Å². The smallest absolute Gasteiger partial charge is 0.247 e. The van der Waals surface area contributed by atoms with Crippen molar-refractivity contribution in [3.05, 3.63) is 39.8 Å². The second-order valence-corrected chi connectivity index (χ2v) is 9.26. The van der Waals surface area contributed by atoms with Crippen molar-refractivity contribution in [2.45, 2.75) is 19.4 Å². The predicted molar refractivity (Wildman–Crippen MR) is 104 cm³/mol. The number of hydrogen-bond donors (Lipinski definition) is 1. The molecular formula is C20H18BrClN2O3. The maximum absolute atomic E-state index is 13.1. The molecule has 27 heavy (non-hydrogen) atoms. The Hall–Kier alpha value is -1.66. The average Bonchev–Trinajstić information content (AvgIpc) is 3.42. The van der Waals surface area contributed by atoms with Gasteiger partial charge >= 0.3 is 0 Å². The predicted octanol–water partition coefficient (Wildman–Crippen LogP) is 3.48. The van der Waals surface area contributed by atoms with Crippen LogP contribution >= 0.6 is 27.5 Å². The van der Waals surface area contributed by atoms with Gasteiger partial charge < -0.3 is 5.32 Å².